The van der Waals surface area contributed by atoms with Gasteiger partial charge in [0, 0.05) is 11.3 Å². The Morgan fingerprint density at radius 3 is 2.39 bits per heavy atom. The Morgan fingerprint density at radius 1 is 0.837 bits per heavy atom. The van der Waals surface area contributed by atoms with Gasteiger partial charge >= 0.3 is 0 Å². The van der Waals surface area contributed by atoms with E-state index in [0.29, 0.717) is 38.7 Å². The molecule has 1 amide bonds. The molecule has 1 atom stereocenters. The summed E-state index contributed by atoms with van der Waals surface area (Å²) in [6.45, 7) is 0. The Hall–Kier alpha value is -5.65. The number of thioether (sulfide) groups is 1. The zero-order valence-corrected chi connectivity index (χ0v) is 28.0. The summed E-state index contributed by atoms with van der Waals surface area (Å²) in [6.07, 6.45) is 0. The highest BCUT2D eigenvalue weighted by Gasteiger charge is 2.46. The maximum Gasteiger partial charge on any atom is 0.296 e. The SMILES string of the molecule is COc1ccc(C(=O)C2=C(O)C(=O)N(c3nnc(SCc4cccc5ccccc45)s3)[C@H]2c2cccc(Oc3ccccc3)c2)cc1OC. The van der Waals surface area contributed by atoms with Crippen molar-refractivity contribution in [2.45, 2.75) is 16.1 Å². The van der Waals surface area contributed by atoms with E-state index in [2.05, 4.69) is 34.5 Å². The number of fused-ring (bicyclic) bond motifs is 1. The van der Waals surface area contributed by atoms with Crippen LogP contribution in [0.3, 0.4) is 0 Å². The summed E-state index contributed by atoms with van der Waals surface area (Å²) < 4.78 is 17.5. The number of hydrogen-bond donors (Lipinski definition) is 1. The highest BCUT2D eigenvalue weighted by atomic mass is 32.2. The molecule has 0 aliphatic carbocycles. The first-order valence-electron chi connectivity index (χ1n) is 15.2. The van der Waals surface area contributed by atoms with Crippen LogP contribution in [0.15, 0.2) is 131 Å². The largest absolute Gasteiger partial charge is 0.503 e. The van der Waals surface area contributed by atoms with Crippen LogP contribution in [0.1, 0.15) is 27.5 Å². The van der Waals surface area contributed by atoms with Gasteiger partial charge in [-0.25, -0.2) is 0 Å². The molecule has 7 rings (SSSR count). The standard InChI is InChI=1S/C38H29N3O6S2/c1-45-30-19-18-25(21-31(30)46-2)34(42)32-33(24-12-9-16-28(20-24)47-27-14-4-3-5-15-27)41(36(44)35(32)43)37-39-40-38(49-37)48-22-26-13-8-11-23-10-6-7-17-29(23)26/h3-21,33,43H,22H2,1-2H3/t33-/m0/s1. The van der Waals surface area contributed by atoms with Crippen LogP contribution in [-0.4, -0.2) is 41.2 Å². The van der Waals surface area contributed by atoms with Crippen molar-refractivity contribution in [1.82, 2.24) is 10.2 Å². The fourth-order valence-corrected chi connectivity index (χ4v) is 7.64. The Morgan fingerprint density at radius 2 is 1.57 bits per heavy atom. The van der Waals surface area contributed by atoms with Crippen LogP contribution in [-0.2, 0) is 10.5 Å². The van der Waals surface area contributed by atoms with E-state index in [-0.39, 0.29) is 16.3 Å². The summed E-state index contributed by atoms with van der Waals surface area (Å²) in [4.78, 5) is 29.4. The number of para-hydroxylation sites is 1. The van der Waals surface area contributed by atoms with Crippen LogP contribution in [0.25, 0.3) is 10.8 Å². The molecule has 0 radical (unpaired) electrons. The molecule has 11 heteroatoms. The molecule has 1 aliphatic rings. The van der Waals surface area contributed by atoms with Gasteiger partial charge in [-0.1, -0.05) is 95.9 Å². The molecule has 244 valence electrons. The Bertz CT molecular complexity index is 2210. The second-order valence-corrected chi connectivity index (χ2v) is 13.2. The van der Waals surface area contributed by atoms with Gasteiger partial charge in [0.05, 0.1) is 25.8 Å². The van der Waals surface area contributed by atoms with Crippen molar-refractivity contribution in [3.63, 3.8) is 0 Å². The van der Waals surface area contributed by atoms with Gasteiger partial charge < -0.3 is 19.3 Å². The summed E-state index contributed by atoms with van der Waals surface area (Å²) in [5, 5.41) is 22.7. The van der Waals surface area contributed by atoms with Gasteiger partial charge in [0.1, 0.15) is 11.5 Å². The Balaban J connectivity index is 1.25. The van der Waals surface area contributed by atoms with Crippen LogP contribution >= 0.6 is 23.1 Å². The number of hydrogen-bond acceptors (Lipinski definition) is 10. The van der Waals surface area contributed by atoms with Crippen LogP contribution in [0, 0.1) is 0 Å². The third-order valence-electron chi connectivity index (χ3n) is 8.08. The number of aliphatic hydroxyl groups is 1. The molecule has 5 aromatic carbocycles. The van der Waals surface area contributed by atoms with E-state index in [1.54, 1.807) is 36.4 Å². The van der Waals surface area contributed by atoms with Gasteiger partial charge in [0.25, 0.3) is 5.91 Å². The van der Waals surface area contributed by atoms with Crippen molar-refractivity contribution in [3.05, 3.63) is 143 Å². The molecule has 0 bridgehead atoms. The Kier molecular flexibility index (Phi) is 9.01. The van der Waals surface area contributed by atoms with Gasteiger partial charge in [0.2, 0.25) is 5.13 Å². The third kappa shape index (κ3) is 6.33. The highest BCUT2D eigenvalue weighted by Crippen LogP contribution is 2.45. The smallest absolute Gasteiger partial charge is 0.296 e. The predicted molar refractivity (Wildman–Crippen MR) is 190 cm³/mol. The van der Waals surface area contributed by atoms with Crippen molar-refractivity contribution >= 4 is 50.7 Å². The first-order chi connectivity index (χ1) is 23.9. The quantitative estimate of drug-likeness (QED) is 0.0813. The van der Waals surface area contributed by atoms with Crippen molar-refractivity contribution in [1.29, 1.82) is 0 Å². The second-order valence-electron chi connectivity index (χ2n) is 11.0. The molecule has 0 spiro atoms. The molecular formula is C38H29N3O6S2. The maximum absolute atomic E-state index is 14.2. The minimum Gasteiger partial charge on any atom is -0.503 e. The number of anilines is 1. The number of rotatable bonds is 11. The number of carbonyl (C=O) groups excluding carboxylic acids is 2. The number of amides is 1. The lowest BCUT2D eigenvalue weighted by atomic mass is 9.92. The molecule has 0 saturated carbocycles. The lowest BCUT2D eigenvalue weighted by molar-refractivity contribution is -0.117. The fourth-order valence-electron chi connectivity index (χ4n) is 5.77. The number of ketones is 1. The lowest BCUT2D eigenvalue weighted by Crippen LogP contribution is -2.31. The van der Waals surface area contributed by atoms with Gasteiger partial charge in [-0.2, -0.15) is 0 Å². The number of nitrogens with zero attached hydrogens (tertiary/aromatic N) is 3. The normalized spacial score (nSPS) is 14.4. The maximum atomic E-state index is 14.2. The predicted octanol–water partition coefficient (Wildman–Crippen LogP) is 8.58. The Labute approximate surface area is 290 Å². The summed E-state index contributed by atoms with van der Waals surface area (Å²) >= 11 is 2.72. The molecule has 1 N–H and O–H groups in total. The van der Waals surface area contributed by atoms with Crippen LogP contribution in [0.5, 0.6) is 23.0 Å². The highest BCUT2D eigenvalue weighted by molar-refractivity contribution is 8.00. The monoisotopic (exact) mass is 687 g/mol. The van der Waals surface area contributed by atoms with Crippen molar-refractivity contribution < 1.29 is 28.9 Å². The van der Waals surface area contributed by atoms with E-state index >= 15 is 0 Å². The molecular weight excluding hydrogens is 659 g/mol. The van der Waals surface area contributed by atoms with Gasteiger partial charge in [-0.3, -0.25) is 14.5 Å². The zero-order valence-electron chi connectivity index (χ0n) is 26.4. The molecule has 0 fully saturated rings. The average Bonchev–Trinajstić information content (AvgIpc) is 3.71. The summed E-state index contributed by atoms with van der Waals surface area (Å²) in [7, 11) is 2.97. The van der Waals surface area contributed by atoms with Crippen LogP contribution in [0.2, 0.25) is 0 Å². The number of benzene rings is 5. The number of carbonyl (C=O) groups is 2. The van der Waals surface area contributed by atoms with Crippen LogP contribution in [0.4, 0.5) is 5.13 Å². The first kappa shape index (κ1) is 31.9. The number of ether oxygens (including phenoxy) is 3. The molecule has 1 aromatic heterocycles. The van der Waals surface area contributed by atoms with Crippen LogP contribution < -0.4 is 19.1 Å². The van der Waals surface area contributed by atoms with E-state index in [1.165, 1.54) is 48.3 Å². The third-order valence-corrected chi connectivity index (χ3v) is 10.2. The van der Waals surface area contributed by atoms with Crippen molar-refractivity contribution in [2.24, 2.45) is 0 Å². The van der Waals surface area contributed by atoms with Gasteiger partial charge in [-0.05, 0) is 64.4 Å². The number of aromatic nitrogens is 2. The minimum absolute atomic E-state index is 0.103. The second kappa shape index (κ2) is 13.8. The molecule has 49 heavy (non-hydrogen) atoms. The zero-order chi connectivity index (χ0) is 33.9. The first-order valence-corrected chi connectivity index (χ1v) is 17.0. The molecule has 1 aliphatic heterocycles. The molecule has 9 nitrogen and oxygen atoms in total. The van der Waals surface area contributed by atoms with Gasteiger partial charge in [0.15, 0.2) is 27.4 Å². The van der Waals surface area contributed by atoms with E-state index in [0.717, 1.165) is 16.3 Å². The van der Waals surface area contributed by atoms with Crippen molar-refractivity contribution in [2.75, 3.05) is 19.1 Å². The van der Waals surface area contributed by atoms with E-state index in [9.17, 15) is 14.7 Å². The summed E-state index contributed by atoms with van der Waals surface area (Å²) in [6, 6.07) is 34.4. The number of aliphatic hydroxyl groups excluding tert-OH is 1. The van der Waals surface area contributed by atoms with E-state index in [4.69, 9.17) is 14.2 Å². The average molecular weight is 688 g/mol. The molecule has 0 saturated heterocycles. The van der Waals surface area contributed by atoms with E-state index in [1.807, 2.05) is 48.5 Å². The fraction of sp³-hybridized carbons (Fsp3) is 0.105. The molecule has 2 heterocycles. The van der Waals surface area contributed by atoms with Gasteiger partial charge in [-0.15, -0.1) is 10.2 Å². The molecule has 6 aromatic rings. The van der Waals surface area contributed by atoms with Crippen molar-refractivity contribution in [3.8, 4) is 23.0 Å². The summed E-state index contributed by atoms with van der Waals surface area (Å²) in [5.41, 5.74) is 1.79. The summed E-state index contributed by atoms with van der Waals surface area (Å²) in [5.74, 6) is 0.541. The lowest BCUT2D eigenvalue weighted by Gasteiger charge is -2.24. The topological polar surface area (TPSA) is 111 Å². The minimum atomic E-state index is -1.03. The number of methoxy groups -OCH3 is 2. The number of Topliss-reactive ketones (excluding diaryl/α,β-unsaturated/α-hetero) is 1. The molecule has 0 unspecified atom stereocenters. The van der Waals surface area contributed by atoms with E-state index < -0.39 is 23.5 Å².